The summed E-state index contributed by atoms with van der Waals surface area (Å²) in [7, 11) is 0. The molecule has 0 aromatic heterocycles. The highest BCUT2D eigenvalue weighted by Crippen LogP contribution is 2.24. The van der Waals surface area contributed by atoms with Crippen molar-refractivity contribution in [3.8, 4) is 0 Å². The van der Waals surface area contributed by atoms with Crippen LogP contribution in [-0.4, -0.2) is 48.3 Å². The predicted molar refractivity (Wildman–Crippen MR) is 62.1 cm³/mol. The van der Waals surface area contributed by atoms with E-state index in [1.54, 1.807) is 0 Å². The molecule has 1 N–H and O–H groups in total. The summed E-state index contributed by atoms with van der Waals surface area (Å²) >= 11 is 0. The van der Waals surface area contributed by atoms with Crippen LogP contribution in [-0.2, 0) is 4.74 Å². The van der Waals surface area contributed by atoms with E-state index in [-0.39, 0.29) is 0 Å². The minimum atomic E-state index is 0.315. The molecule has 0 bridgehead atoms. The minimum Gasteiger partial charge on any atom is -0.373 e. The Labute approximate surface area is 93.2 Å². The van der Waals surface area contributed by atoms with E-state index in [0.29, 0.717) is 23.8 Å². The van der Waals surface area contributed by atoms with Gasteiger partial charge >= 0.3 is 0 Å². The van der Waals surface area contributed by atoms with Gasteiger partial charge in [-0.2, -0.15) is 0 Å². The lowest BCUT2D eigenvalue weighted by molar-refractivity contribution is -0.0786. The van der Waals surface area contributed by atoms with E-state index in [4.69, 9.17) is 4.74 Å². The van der Waals surface area contributed by atoms with E-state index in [1.165, 1.54) is 6.42 Å². The van der Waals surface area contributed by atoms with Crippen LogP contribution < -0.4 is 5.32 Å². The fraction of sp³-hybridized carbons (Fsp3) is 1.00. The van der Waals surface area contributed by atoms with Gasteiger partial charge in [0, 0.05) is 31.2 Å². The van der Waals surface area contributed by atoms with Crippen LogP contribution >= 0.6 is 0 Å². The van der Waals surface area contributed by atoms with Crippen molar-refractivity contribution < 1.29 is 4.74 Å². The smallest absolute Gasteiger partial charge is 0.0678 e. The molecule has 2 aliphatic rings. The molecule has 0 spiro atoms. The van der Waals surface area contributed by atoms with Crippen molar-refractivity contribution in [2.24, 2.45) is 0 Å². The minimum absolute atomic E-state index is 0.315. The Kier molecular flexibility index (Phi) is 3.06. The second kappa shape index (κ2) is 4.04. The molecule has 2 rings (SSSR count). The first kappa shape index (κ1) is 11.4. The van der Waals surface area contributed by atoms with Crippen LogP contribution in [0.2, 0.25) is 0 Å². The SMILES string of the molecule is CC1CN(C2CNC(C)(C)C2)CC(C)O1. The largest absolute Gasteiger partial charge is 0.373 e. The van der Waals surface area contributed by atoms with Crippen molar-refractivity contribution in [2.75, 3.05) is 19.6 Å². The monoisotopic (exact) mass is 212 g/mol. The first-order chi connectivity index (χ1) is 6.96. The van der Waals surface area contributed by atoms with Crippen molar-refractivity contribution in [3.63, 3.8) is 0 Å². The number of nitrogens with one attached hydrogen (secondary N) is 1. The summed E-state index contributed by atoms with van der Waals surface area (Å²) in [5, 5.41) is 3.59. The van der Waals surface area contributed by atoms with Crippen LogP contribution in [0.15, 0.2) is 0 Å². The fourth-order valence-corrected chi connectivity index (χ4v) is 2.90. The van der Waals surface area contributed by atoms with Gasteiger partial charge in [0.2, 0.25) is 0 Å². The molecule has 0 aromatic carbocycles. The number of hydrogen-bond acceptors (Lipinski definition) is 3. The van der Waals surface area contributed by atoms with Gasteiger partial charge in [0.1, 0.15) is 0 Å². The van der Waals surface area contributed by atoms with Crippen molar-refractivity contribution in [1.82, 2.24) is 10.2 Å². The molecule has 3 unspecified atom stereocenters. The Morgan fingerprint density at radius 1 is 1.20 bits per heavy atom. The summed E-state index contributed by atoms with van der Waals surface area (Å²) < 4.78 is 5.77. The third-order valence-electron chi connectivity index (χ3n) is 3.53. The van der Waals surface area contributed by atoms with Crippen molar-refractivity contribution in [2.45, 2.75) is 57.9 Å². The topological polar surface area (TPSA) is 24.5 Å². The van der Waals surface area contributed by atoms with Crippen LogP contribution in [0.3, 0.4) is 0 Å². The molecule has 2 aliphatic heterocycles. The summed E-state index contributed by atoms with van der Waals surface area (Å²) in [6, 6.07) is 0.703. The van der Waals surface area contributed by atoms with Gasteiger partial charge in [0.15, 0.2) is 0 Å². The quantitative estimate of drug-likeness (QED) is 0.707. The lowest BCUT2D eigenvalue weighted by atomic mass is 10.00. The summed E-state index contributed by atoms with van der Waals surface area (Å²) in [6.07, 6.45) is 2.03. The van der Waals surface area contributed by atoms with Gasteiger partial charge in [0.05, 0.1) is 12.2 Å². The van der Waals surface area contributed by atoms with Crippen LogP contribution in [0.25, 0.3) is 0 Å². The Balaban J connectivity index is 1.93. The van der Waals surface area contributed by atoms with Crippen molar-refractivity contribution >= 4 is 0 Å². The number of rotatable bonds is 1. The molecule has 0 amide bonds. The Bertz CT molecular complexity index is 220. The van der Waals surface area contributed by atoms with E-state index in [2.05, 4.69) is 37.9 Å². The molecule has 2 fully saturated rings. The van der Waals surface area contributed by atoms with Gasteiger partial charge in [-0.05, 0) is 34.1 Å². The zero-order valence-electron chi connectivity index (χ0n) is 10.4. The first-order valence-electron chi connectivity index (χ1n) is 6.11. The molecule has 3 atom stereocenters. The highest BCUT2D eigenvalue weighted by molar-refractivity contribution is 4.95. The Morgan fingerprint density at radius 2 is 1.80 bits per heavy atom. The van der Waals surface area contributed by atoms with E-state index in [9.17, 15) is 0 Å². The van der Waals surface area contributed by atoms with Gasteiger partial charge in [0.25, 0.3) is 0 Å². The van der Waals surface area contributed by atoms with Gasteiger partial charge < -0.3 is 10.1 Å². The molecule has 3 heteroatoms. The maximum absolute atomic E-state index is 5.77. The summed E-state index contributed by atoms with van der Waals surface area (Å²) in [4.78, 5) is 2.60. The third-order valence-corrected chi connectivity index (χ3v) is 3.53. The van der Waals surface area contributed by atoms with E-state index in [1.807, 2.05) is 0 Å². The zero-order chi connectivity index (χ0) is 11.1. The Morgan fingerprint density at radius 3 is 2.27 bits per heavy atom. The lowest BCUT2D eigenvalue weighted by Gasteiger charge is -2.39. The highest BCUT2D eigenvalue weighted by atomic mass is 16.5. The summed E-state index contributed by atoms with van der Waals surface area (Å²) in [5.41, 5.74) is 0.315. The molecule has 0 radical (unpaired) electrons. The average molecular weight is 212 g/mol. The first-order valence-corrected chi connectivity index (χ1v) is 6.11. The molecular weight excluding hydrogens is 188 g/mol. The van der Waals surface area contributed by atoms with Gasteiger partial charge in [-0.3, -0.25) is 4.90 Å². The van der Waals surface area contributed by atoms with Crippen LogP contribution in [0.4, 0.5) is 0 Å². The second-order valence-electron chi connectivity index (χ2n) is 5.83. The summed E-state index contributed by atoms with van der Waals surface area (Å²) in [6.45, 7) is 12.2. The van der Waals surface area contributed by atoms with Crippen molar-refractivity contribution in [3.05, 3.63) is 0 Å². The maximum Gasteiger partial charge on any atom is 0.0678 e. The van der Waals surface area contributed by atoms with Crippen LogP contribution in [0.1, 0.15) is 34.1 Å². The summed E-state index contributed by atoms with van der Waals surface area (Å²) in [5.74, 6) is 0. The lowest BCUT2D eigenvalue weighted by Crippen LogP contribution is -2.50. The van der Waals surface area contributed by atoms with Crippen LogP contribution in [0.5, 0.6) is 0 Å². The third kappa shape index (κ3) is 2.71. The normalized spacial score (nSPS) is 42.0. The van der Waals surface area contributed by atoms with E-state index < -0.39 is 0 Å². The molecule has 15 heavy (non-hydrogen) atoms. The van der Waals surface area contributed by atoms with Crippen LogP contribution in [0, 0.1) is 0 Å². The standard InChI is InChI=1S/C12H24N2O/c1-9-7-14(8-10(2)15-9)11-5-12(3,4)13-6-11/h9-11,13H,5-8H2,1-4H3. The average Bonchev–Trinajstić information content (AvgIpc) is 2.44. The second-order valence-corrected chi connectivity index (χ2v) is 5.83. The van der Waals surface area contributed by atoms with Gasteiger partial charge in [-0.15, -0.1) is 0 Å². The molecule has 0 aliphatic carbocycles. The molecule has 0 saturated carbocycles. The van der Waals surface area contributed by atoms with E-state index >= 15 is 0 Å². The number of nitrogens with zero attached hydrogens (tertiary/aromatic N) is 1. The highest BCUT2D eigenvalue weighted by Gasteiger charge is 2.36. The molecule has 2 heterocycles. The number of morpholine rings is 1. The number of ether oxygens (including phenoxy) is 1. The zero-order valence-corrected chi connectivity index (χ0v) is 10.4. The predicted octanol–water partition coefficient (Wildman–Crippen LogP) is 1.24. The maximum atomic E-state index is 5.77. The molecule has 0 aromatic rings. The van der Waals surface area contributed by atoms with E-state index in [0.717, 1.165) is 19.6 Å². The fourth-order valence-electron chi connectivity index (χ4n) is 2.90. The molecule has 88 valence electrons. The molecule has 3 nitrogen and oxygen atoms in total. The number of hydrogen-bond donors (Lipinski definition) is 1. The van der Waals surface area contributed by atoms with Gasteiger partial charge in [-0.25, -0.2) is 0 Å². The molecular formula is C12H24N2O. The van der Waals surface area contributed by atoms with Crippen molar-refractivity contribution in [1.29, 1.82) is 0 Å². The van der Waals surface area contributed by atoms with Gasteiger partial charge in [-0.1, -0.05) is 0 Å². The molecule has 2 saturated heterocycles. The Hall–Kier alpha value is -0.120.